The molecule has 2 aromatic rings. The highest BCUT2D eigenvalue weighted by Gasteiger charge is 2.42. The summed E-state index contributed by atoms with van der Waals surface area (Å²) in [6.45, 7) is 10.7. The van der Waals surface area contributed by atoms with Gasteiger partial charge >= 0.3 is 0 Å². The van der Waals surface area contributed by atoms with Crippen LogP contribution in [0.5, 0.6) is 0 Å². The molecule has 0 saturated carbocycles. The SMILES string of the molecule is CCNC(=NCCn1c(C)nc2ccccc21)N1CCC2(CCOC2)C1. The molecule has 0 radical (unpaired) electrons. The topological polar surface area (TPSA) is 54.7 Å². The molecule has 6 nitrogen and oxygen atoms in total. The Kier molecular flexibility index (Phi) is 4.85. The Balaban J connectivity index is 1.45. The molecule has 3 heterocycles. The van der Waals surface area contributed by atoms with Crippen LogP contribution in [0.3, 0.4) is 0 Å². The first kappa shape index (κ1) is 17.3. The van der Waals surface area contributed by atoms with Crippen molar-refractivity contribution in [3.8, 4) is 0 Å². The second kappa shape index (κ2) is 7.27. The molecule has 0 amide bonds. The number of fused-ring (bicyclic) bond motifs is 1. The Bertz CT molecular complexity index is 791. The lowest BCUT2D eigenvalue weighted by molar-refractivity contribution is 0.156. The molecule has 1 aromatic heterocycles. The minimum Gasteiger partial charge on any atom is -0.381 e. The van der Waals surface area contributed by atoms with Gasteiger partial charge in [0.25, 0.3) is 0 Å². The molecule has 1 spiro atoms. The molecular formula is C20H29N5O. The van der Waals surface area contributed by atoms with Crippen LogP contribution in [-0.2, 0) is 11.3 Å². The maximum absolute atomic E-state index is 5.66. The van der Waals surface area contributed by atoms with Gasteiger partial charge in [0, 0.05) is 38.2 Å². The fourth-order valence-electron chi connectivity index (χ4n) is 4.25. The number of nitrogens with zero attached hydrogens (tertiary/aromatic N) is 4. The third-order valence-corrected chi connectivity index (χ3v) is 5.69. The zero-order chi connectivity index (χ0) is 18.0. The Morgan fingerprint density at radius 2 is 2.23 bits per heavy atom. The fourth-order valence-corrected chi connectivity index (χ4v) is 4.25. The van der Waals surface area contributed by atoms with Gasteiger partial charge in [0.2, 0.25) is 0 Å². The molecule has 2 aliphatic rings. The quantitative estimate of drug-likeness (QED) is 0.676. The molecule has 4 rings (SSSR count). The van der Waals surface area contributed by atoms with Gasteiger partial charge in [-0.05, 0) is 38.8 Å². The second-order valence-electron chi connectivity index (χ2n) is 7.51. The lowest BCUT2D eigenvalue weighted by atomic mass is 9.87. The summed E-state index contributed by atoms with van der Waals surface area (Å²) in [7, 11) is 0. The summed E-state index contributed by atoms with van der Waals surface area (Å²) in [5, 5.41) is 3.47. The number of imidazole rings is 1. The molecule has 0 bridgehead atoms. The van der Waals surface area contributed by atoms with E-state index in [2.05, 4.69) is 51.8 Å². The van der Waals surface area contributed by atoms with Gasteiger partial charge in [0.15, 0.2) is 5.96 Å². The number of hydrogen-bond acceptors (Lipinski definition) is 3. The van der Waals surface area contributed by atoms with Gasteiger partial charge in [-0.3, -0.25) is 4.99 Å². The van der Waals surface area contributed by atoms with Crippen molar-refractivity contribution in [2.45, 2.75) is 33.2 Å². The van der Waals surface area contributed by atoms with Gasteiger partial charge in [-0.1, -0.05) is 12.1 Å². The van der Waals surface area contributed by atoms with E-state index in [9.17, 15) is 0 Å². The molecule has 26 heavy (non-hydrogen) atoms. The first-order chi connectivity index (χ1) is 12.7. The van der Waals surface area contributed by atoms with E-state index in [1.54, 1.807) is 0 Å². The number of guanidine groups is 1. The fraction of sp³-hybridized carbons (Fsp3) is 0.600. The third kappa shape index (κ3) is 3.30. The highest BCUT2D eigenvalue weighted by Crippen LogP contribution is 2.38. The third-order valence-electron chi connectivity index (χ3n) is 5.69. The Hall–Kier alpha value is -2.08. The van der Waals surface area contributed by atoms with Gasteiger partial charge in [0.05, 0.1) is 24.2 Å². The highest BCUT2D eigenvalue weighted by molar-refractivity contribution is 5.80. The second-order valence-corrected chi connectivity index (χ2v) is 7.51. The summed E-state index contributed by atoms with van der Waals surface area (Å²) >= 11 is 0. The monoisotopic (exact) mass is 355 g/mol. The maximum Gasteiger partial charge on any atom is 0.193 e. The number of benzene rings is 1. The molecule has 1 aromatic carbocycles. The molecule has 1 unspecified atom stereocenters. The van der Waals surface area contributed by atoms with Crippen molar-refractivity contribution in [1.29, 1.82) is 0 Å². The number of hydrogen-bond donors (Lipinski definition) is 1. The zero-order valence-corrected chi connectivity index (χ0v) is 15.9. The number of aryl methyl sites for hydroxylation is 1. The Morgan fingerprint density at radius 3 is 3.04 bits per heavy atom. The molecule has 1 atom stereocenters. The van der Waals surface area contributed by atoms with Crippen molar-refractivity contribution in [1.82, 2.24) is 19.8 Å². The van der Waals surface area contributed by atoms with E-state index in [1.165, 1.54) is 18.4 Å². The number of para-hydroxylation sites is 2. The van der Waals surface area contributed by atoms with Crippen LogP contribution in [0.25, 0.3) is 11.0 Å². The number of nitrogens with one attached hydrogen (secondary N) is 1. The van der Waals surface area contributed by atoms with Crippen LogP contribution in [0.4, 0.5) is 0 Å². The number of aliphatic imine (C=N–C) groups is 1. The zero-order valence-electron chi connectivity index (χ0n) is 15.9. The van der Waals surface area contributed by atoms with Gasteiger partial charge < -0.3 is 19.5 Å². The summed E-state index contributed by atoms with van der Waals surface area (Å²) in [5.74, 6) is 2.09. The van der Waals surface area contributed by atoms with Crippen LogP contribution < -0.4 is 5.32 Å². The van der Waals surface area contributed by atoms with Crippen molar-refractivity contribution < 1.29 is 4.74 Å². The normalized spacial score (nSPS) is 23.5. The molecule has 6 heteroatoms. The van der Waals surface area contributed by atoms with Crippen molar-refractivity contribution in [3.05, 3.63) is 30.1 Å². The van der Waals surface area contributed by atoms with Gasteiger partial charge in [-0.25, -0.2) is 4.98 Å². The first-order valence-electron chi connectivity index (χ1n) is 9.74. The van der Waals surface area contributed by atoms with E-state index < -0.39 is 0 Å². The lowest BCUT2D eigenvalue weighted by Gasteiger charge is -2.25. The standard InChI is InChI=1S/C20H29N5O/c1-3-21-19(24-11-8-20(14-24)9-13-26-15-20)22-10-12-25-16(2)23-17-6-4-5-7-18(17)25/h4-7H,3,8-15H2,1-2H3,(H,21,22). The summed E-state index contributed by atoms with van der Waals surface area (Å²) < 4.78 is 7.92. The lowest BCUT2D eigenvalue weighted by Crippen LogP contribution is -2.41. The summed E-state index contributed by atoms with van der Waals surface area (Å²) in [6, 6.07) is 8.31. The molecular weight excluding hydrogens is 326 g/mol. The number of rotatable bonds is 4. The molecule has 2 fully saturated rings. The molecule has 1 N–H and O–H groups in total. The predicted molar refractivity (Wildman–Crippen MR) is 105 cm³/mol. The molecule has 2 aliphatic heterocycles. The largest absolute Gasteiger partial charge is 0.381 e. The molecule has 0 aliphatic carbocycles. The van der Waals surface area contributed by atoms with Crippen molar-refractivity contribution in [2.75, 3.05) is 39.4 Å². The highest BCUT2D eigenvalue weighted by atomic mass is 16.5. The van der Waals surface area contributed by atoms with Crippen LogP contribution in [0.1, 0.15) is 25.6 Å². The Morgan fingerprint density at radius 1 is 1.35 bits per heavy atom. The van der Waals surface area contributed by atoms with E-state index >= 15 is 0 Å². The van der Waals surface area contributed by atoms with Crippen LogP contribution in [0.15, 0.2) is 29.3 Å². The van der Waals surface area contributed by atoms with E-state index in [0.29, 0.717) is 5.41 Å². The summed E-state index contributed by atoms with van der Waals surface area (Å²) in [4.78, 5) is 12.0. The van der Waals surface area contributed by atoms with Crippen LogP contribution in [0.2, 0.25) is 0 Å². The Labute approximate surface area is 155 Å². The summed E-state index contributed by atoms with van der Waals surface area (Å²) in [6.07, 6.45) is 2.39. The average molecular weight is 355 g/mol. The number of ether oxygens (including phenoxy) is 1. The molecule has 2 saturated heterocycles. The van der Waals surface area contributed by atoms with E-state index in [1.807, 2.05) is 6.07 Å². The number of aromatic nitrogens is 2. The summed E-state index contributed by atoms with van der Waals surface area (Å²) in [5.41, 5.74) is 2.60. The van der Waals surface area contributed by atoms with E-state index in [0.717, 1.165) is 63.2 Å². The van der Waals surface area contributed by atoms with E-state index in [-0.39, 0.29) is 0 Å². The van der Waals surface area contributed by atoms with Crippen LogP contribution in [0, 0.1) is 12.3 Å². The first-order valence-corrected chi connectivity index (χ1v) is 9.74. The number of likely N-dealkylation sites (tertiary alicyclic amines) is 1. The minimum absolute atomic E-state index is 0.354. The predicted octanol–water partition coefficient (Wildman–Crippen LogP) is 2.42. The van der Waals surface area contributed by atoms with Crippen LogP contribution >= 0.6 is 0 Å². The van der Waals surface area contributed by atoms with Crippen molar-refractivity contribution >= 4 is 17.0 Å². The van der Waals surface area contributed by atoms with Gasteiger partial charge in [0.1, 0.15) is 5.82 Å². The van der Waals surface area contributed by atoms with Crippen LogP contribution in [-0.4, -0.2) is 59.8 Å². The van der Waals surface area contributed by atoms with Gasteiger partial charge in [-0.2, -0.15) is 0 Å². The van der Waals surface area contributed by atoms with Gasteiger partial charge in [-0.15, -0.1) is 0 Å². The van der Waals surface area contributed by atoms with Crippen molar-refractivity contribution in [2.24, 2.45) is 10.4 Å². The maximum atomic E-state index is 5.66. The molecule has 140 valence electrons. The average Bonchev–Trinajstić information content (AvgIpc) is 3.35. The van der Waals surface area contributed by atoms with Crippen molar-refractivity contribution in [3.63, 3.8) is 0 Å². The minimum atomic E-state index is 0.354. The van der Waals surface area contributed by atoms with E-state index in [4.69, 9.17) is 9.73 Å². The smallest absolute Gasteiger partial charge is 0.193 e.